The average molecular weight is 338 g/mol. The molecule has 0 aliphatic carbocycles. The Balaban J connectivity index is 1.99. The molecule has 0 radical (unpaired) electrons. The van der Waals surface area contributed by atoms with Gasteiger partial charge in [0.1, 0.15) is 0 Å². The molecule has 6 heteroatoms. The minimum atomic E-state index is 0.417. The first kappa shape index (κ1) is 15.8. The molecule has 2 N–H and O–H groups in total. The highest BCUT2D eigenvalue weighted by Crippen LogP contribution is 2.22. The summed E-state index contributed by atoms with van der Waals surface area (Å²) < 4.78 is 0. The Hall–Kier alpha value is -1.62. The van der Waals surface area contributed by atoms with Crippen molar-refractivity contribution in [2.75, 3.05) is 5.32 Å². The third-order valence-electron chi connectivity index (χ3n) is 2.69. The molecule has 0 saturated heterocycles. The van der Waals surface area contributed by atoms with Crippen LogP contribution in [0, 0.1) is 0 Å². The van der Waals surface area contributed by atoms with Gasteiger partial charge in [-0.2, -0.15) is 5.10 Å². The maximum atomic E-state index is 5.98. The number of anilines is 1. The van der Waals surface area contributed by atoms with Crippen molar-refractivity contribution in [1.82, 2.24) is 5.43 Å². The molecule has 2 aromatic carbocycles. The zero-order chi connectivity index (χ0) is 15.2. The molecule has 0 heterocycles. The zero-order valence-electron chi connectivity index (χ0n) is 11.2. The fourth-order valence-corrected chi connectivity index (χ4v) is 2.06. The lowest BCUT2D eigenvalue weighted by Crippen LogP contribution is -2.24. The fourth-order valence-electron chi connectivity index (χ4n) is 1.60. The Morgan fingerprint density at radius 3 is 2.43 bits per heavy atom. The van der Waals surface area contributed by atoms with E-state index < -0.39 is 0 Å². The van der Waals surface area contributed by atoms with Crippen molar-refractivity contribution in [3.05, 3.63) is 64.1 Å². The fraction of sp³-hybridized carbons (Fsp3) is 0.0667. The lowest BCUT2D eigenvalue weighted by atomic mass is 10.1. The predicted octanol–water partition coefficient (Wildman–Crippen LogP) is 4.70. The second kappa shape index (κ2) is 7.41. The van der Waals surface area contributed by atoms with E-state index in [1.54, 1.807) is 12.1 Å². The van der Waals surface area contributed by atoms with Crippen molar-refractivity contribution >= 4 is 51.9 Å². The molecule has 0 saturated carbocycles. The molecular formula is C15H13Cl2N3S. The molecular weight excluding hydrogens is 325 g/mol. The SMILES string of the molecule is C/C(=N/NC(=S)Nc1ccccc1)c1ccc(Cl)c(Cl)c1. The van der Waals surface area contributed by atoms with Gasteiger partial charge < -0.3 is 5.32 Å². The molecule has 0 bridgehead atoms. The molecule has 2 aromatic rings. The highest BCUT2D eigenvalue weighted by Gasteiger charge is 2.03. The Bertz CT molecular complexity index is 672. The predicted molar refractivity (Wildman–Crippen MR) is 94.5 cm³/mol. The summed E-state index contributed by atoms with van der Waals surface area (Å²) in [6.45, 7) is 1.86. The number of thiocarbonyl (C=S) groups is 1. The zero-order valence-corrected chi connectivity index (χ0v) is 13.6. The van der Waals surface area contributed by atoms with Gasteiger partial charge in [0.15, 0.2) is 5.11 Å². The van der Waals surface area contributed by atoms with E-state index in [2.05, 4.69) is 15.8 Å². The van der Waals surface area contributed by atoms with Crippen molar-refractivity contribution in [2.45, 2.75) is 6.92 Å². The summed E-state index contributed by atoms with van der Waals surface area (Å²) in [5.41, 5.74) is 5.33. The monoisotopic (exact) mass is 337 g/mol. The standard InChI is InChI=1S/C15H13Cl2N3S/c1-10(11-7-8-13(16)14(17)9-11)19-20-15(21)18-12-5-3-2-4-6-12/h2-9H,1H3,(H2,18,20,21)/b19-10-. The number of hydrogen-bond acceptors (Lipinski definition) is 2. The molecule has 0 spiro atoms. The van der Waals surface area contributed by atoms with Gasteiger partial charge in [-0.05, 0) is 49.0 Å². The molecule has 0 fully saturated rings. The van der Waals surface area contributed by atoms with Gasteiger partial charge in [-0.3, -0.25) is 5.43 Å². The van der Waals surface area contributed by atoms with E-state index in [0.29, 0.717) is 15.2 Å². The maximum absolute atomic E-state index is 5.98. The summed E-state index contributed by atoms with van der Waals surface area (Å²) in [6, 6.07) is 15.0. The molecule has 0 amide bonds. The van der Waals surface area contributed by atoms with Crippen molar-refractivity contribution in [1.29, 1.82) is 0 Å². The van der Waals surface area contributed by atoms with E-state index in [-0.39, 0.29) is 0 Å². The van der Waals surface area contributed by atoms with E-state index in [1.807, 2.05) is 43.3 Å². The molecule has 0 aliphatic heterocycles. The van der Waals surface area contributed by atoms with Crippen LogP contribution in [0.25, 0.3) is 0 Å². The van der Waals surface area contributed by atoms with Crippen LogP contribution in [0.1, 0.15) is 12.5 Å². The number of hydrogen-bond donors (Lipinski definition) is 2. The summed E-state index contributed by atoms with van der Waals surface area (Å²) in [5, 5.41) is 8.69. The number of rotatable bonds is 3. The number of nitrogens with zero attached hydrogens (tertiary/aromatic N) is 1. The minimum absolute atomic E-state index is 0.417. The lowest BCUT2D eigenvalue weighted by molar-refractivity contribution is 1.04. The highest BCUT2D eigenvalue weighted by molar-refractivity contribution is 7.80. The number of benzene rings is 2. The maximum Gasteiger partial charge on any atom is 0.191 e. The summed E-state index contributed by atoms with van der Waals surface area (Å²) in [7, 11) is 0. The van der Waals surface area contributed by atoms with Crippen LogP contribution in [-0.2, 0) is 0 Å². The van der Waals surface area contributed by atoms with Crippen LogP contribution in [0.15, 0.2) is 53.6 Å². The van der Waals surface area contributed by atoms with E-state index in [0.717, 1.165) is 17.0 Å². The van der Waals surface area contributed by atoms with Gasteiger partial charge in [-0.15, -0.1) is 0 Å². The summed E-state index contributed by atoms with van der Waals surface area (Å²) in [5.74, 6) is 0. The lowest BCUT2D eigenvalue weighted by Gasteiger charge is -2.08. The molecule has 21 heavy (non-hydrogen) atoms. The van der Waals surface area contributed by atoms with Gasteiger partial charge in [0.25, 0.3) is 0 Å². The number of halogens is 2. The van der Waals surface area contributed by atoms with Crippen molar-refractivity contribution in [2.24, 2.45) is 5.10 Å². The molecule has 0 aliphatic rings. The van der Waals surface area contributed by atoms with Crippen LogP contribution in [0.4, 0.5) is 5.69 Å². The van der Waals surface area contributed by atoms with Crippen LogP contribution in [0.2, 0.25) is 10.0 Å². The van der Waals surface area contributed by atoms with Gasteiger partial charge in [0.2, 0.25) is 0 Å². The summed E-state index contributed by atoms with van der Waals surface area (Å²) in [4.78, 5) is 0. The van der Waals surface area contributed by atoms with E-state index >= 15 is 0 Å². The first-order chi connectivity index (χ1) is 10.1. The molecule has 0 unspecified atom stereocenters. The van der Waals surface area contributed by atoms with E-state index in [1.165, 1.54) is 0 Å². The number of para-hydroxylation sites is 1. The minimum Gasteiger partial charge on any atom is -0.331 e. The van der Waals surface area contributed by atoms with Gasteiger partial charge in [-0.1, -0.05) is 47.5 Å². The number of hydrazone groups is 1. The first-order valence-electron chi connectivity index (χ1n) is 6.18. The van der Waals surface area contributed by atoms with Gasteiger partial charge in [-0.25, -0.2) is 0 Å². The van der Waals surface area contributed by atoms with Crippen molar-refractivity contribution in [3.63, 3.8) is 0 Å². The van der Waals surface area contributed by atoms with Crippen LogP contribution in [0.5, 0.6) is 0 Å². The van der Waals surface area contributed by atoms with Gasteiger partial charge in [0, 0.05) is 5.69 Å². The Labute approximate surface area is 139 Å². The second-order valence-corrected chi connectivity index (χ2v) is 5.48. The third kappa shape index (κ3) is 4.70. The number of nitrogens with one attached hydrogen (secondary N) is 2. The smallest absolute Gasteiger partial charge is 0.191 e. The summed E-state index contributed by atoms with van der Waals surface area (Å²) >= 11 is 17.0. The molecule has 108 valence electrons. The normalized spacial score (nSPS) is 11.1. The van der Waals surface area contributed by atoms with Gasteiger partial charge >= 0.3 is 0 Å². The third-order valence-corrected chi connectivity index (χ3v) is 3.63. The quantitative estimate of drug-likeness (QED) is 0.484. The topological polar surface area (TPSA) is 36.4 Å². The van der Waals surface area contributed by atoms with Crippen LogP contribution in [0.3, 0.4) is 0 Å². The largest absolute Gasteiger partial charge is 0.331 e. The van der Waals surface area contributed by atoms with Crippen LogP contribution < -0.4 is 10.7 Å². The molecule has 0 atom stereocenters. The highest BCUT2D eigenvalue weighted by atomic mass is 35.5. The molecule has 0 aromatic heterocycles. The second-order valence-electron chi connectivity index (χ2n) is 4.26. The molecule has 2 rings (SSSR count). The van der Waals surface area contributed by atoms with Crippen LogP contribution in [-0.4, -0.2) is 10.8 Å². The van der Waals surface area contributed by atoms with Crippen LogP contribution >= 0.6 is 35.4 Å². The van der Waals surface area contributed by atoms with Crippen molar-refractivity contribution < 1.29 is 0 Å². The Morgan fingerprint density at radius 2 is 1.76 bits per heavy atom. The first-order valence-corrected chi connectivity index (χ1v) is 7.34. The molecule has 3 nitrogen and oxygen atoms in total. The Kier molecular flexibility index (Phi) is 5.56. The van der Waals surface area contributed by atoms with E-state index in [9.17, 15) is 0 Å². The average Bonchev–Trinajstić information content (AvgIpc) is 2.48. The summed E-state index contributed by atoms with van der Waals surface area (Å²) in [6.07, 6.45) is 0. The van der Waals surface area contributed by atoms with E-state index in [4.69, 9.17) is 35.4 Å². The Morgan fingerprint density at radius 1 is 1.05 bits per heavy atom. The van der Waals surface area contributed by atoms with Gasteiger partial charge in [0.05, 0.1) is 15.8 Å². The van der Waals surface area contributed by atoms with Crippen molar-refractivity contribution in [3.8, 4) is 0 Å².